The van der Waals surface area contributed by atoms with Crippen molar-refractivity contribution in [3.63, 3.8) is 0 Å². The summed E-state index contributed by atoms with van der Waals surface area (Å²) in [5.41, 5.74) is 2.53. The van der Waals surface area contributed by atoms with Gasteiger partial charge in [0.05, 0.1) is 20.3 Å². The molecule has 0 saturated carbocycles. The van der Waals surface area contributed by atoms with E-state index in [0.29, 0.717) is 30.6 Å². The number of fused-ring (bicyclic) bond motifs is 1. The highest BCUT2D eigenvalue weighted by Gasteiger charge is 2.14. The second kappa shape index (κ2) is 5.88. The number of methoxy groups -OCH3 is 1. The van der Waals surface area contributed by atoms with Crippen molar-refractivity contribution in [2.45, 2.75) is 20.1 Å². The Balaban J connectivity index is 1.78. The van der Waals surface area contributed by atoms with E-state index >= 15 is 0 Å². The SMILES string of the molecule is COc1nc(C)nc2[nH]nc(COCc3ccccc3)c12. The molecular weight excluding hydrogens is 268 g/mol. The van der Waals surface area contributed by atoms with E-state index in [1.165, 1.54) is 0 Å². The van der Waals surface area contributed by atoms with Crippen molar-refractivity contribution in [2.24, 2.45) is 0 Å². The zero-order chi connectivity index (χ0) is 14.7. The maximum atomic E-state index is 5.71. The Morgan fingerprint density at radius 3 is 2.67 bits per heavy atom. The van der Waals surface area contributed by atoms with Gasteiger partial charge in [0, 0.05) is 0 Å². The standard InChI is InChI=1S/C15H16N4O2/c1-10-16-14-13(15(17-10)20-2)12(18-19-14)9-21-8-11-6-4-3-5-7-11/h3-7H,8-9H2,1-2H3,(H,16,17,18,19). The van der Waals surface area contributed by atoms with Crippen LogP contribution in [0.2, 0.25) is 0 Å². The third-order valence-corrected chi connectivity index (χ3v) is 3.12. The van der Waals surface area contributed by atoms with E-state index < -0.39 is 0 Å². The predicted molar refractivity (Wildman–Crippen MR) is 77.9 cm³/mol. The number of rotatable bonds is 5. The summed E-state index contributed by atoms with van der Waals surface area (Å²) in [4.78, 5) is 8.58. The van der Waals surface area contributed by atoms with Crippen LogP contribution >= 0.6 is 0 Å². The molecule has 0 aliphatic heterocycles. The van der Waals surface area contributed by atoms with Gasteiger partial charge >= 0.3 is 0 Å². The first-order valence-electron chi connectivity index (χ1n) is 6.65. The van der Waals surface area contributed by atoms with Crippen LogP contribution in [0.3, 0.4) is 0 Å². The first-order valence-corrected chi connectivity index (χ1v) is 6.65. The number of hydrogen-bond acceptors (Lipinski definition) is 5. The zero-order valence-corrected chi connectivity index (χ0v) is 12.0. The predicted octanol–water partition coefficient (Wildman–Crippen LogP) is 2.39. The average Bonchev–Trinajstić information content (AvgIpc) is 2.90. The second-order valence-electron chi connectivity index (χ2n) is 4.65. The first-order chi connectivity index (χ1) is 10.3. The van der Waals surface area contributed by atoms with Gasteiger partial charge in [-0.2, -0.15) is 10.1 Å². The fraction of sp³-hybridized carbons (Fsp3) is 0.267. The topological polar surface area (TPSA) is 72.9 Å². The summed E-state index contributed by atoms with van der Waals surface area (Å²) in [7, 11) is 1.59. The Bertz CT molecular complexity index is 740. The van der Waals surface area contributed by atoms with Gasteiger partial charge in [-0.1, -0.05) is 30.3 Å². The molecule has 21 heavy (non-hydrogen) atoms. The van der Waals surface area contributed by atoms with E-state index in [4.69, 9.17) is 9.47 Å². The van der Waals surface area contributed by atoms with Crippen molar-refractivity contribution in [3.8, 4) is 5.88 Å². The van der Waals surface area contributed by atoms with Gasteiger partial charge in [-0.3, -0.25) is 5.10 Å². The van der Waals surface area contributed by atoms with E-state index in [1.54, 1.807) is 7.11 Å². The molecule has 0 unspecified atom stereocenters. The van der Waals surface area contributed by atoms with Crippen molar-refractivity contribution < 1.29 is 9.47 Å². The minimum absolute atomic E-state index is 0.373. The summed E-state index contributed by atoms with van der Waals surface area (Å²) in [5, 5.41) is 7.91. The van der Waals surface area contributed by atoms with E-state index in [1.807, 2.05) is 37.3 Å². The normalized spacial score (nSPS) is 11.0. The number of ether oxygens (including phenoxy) is 2. The third-order valence-electron chi connectivity index (χ3n) is 3.12. The Kier molecular flexibility index (Phi) is 3.79. The number of nitrogens with zero attached hydrogens (tertiary/aromatic N) is 3. The van der Waals surface area contributed by atoms with Crippen molar-refractivity contribution >= 4 is 11.0 Å². The molecule has 0 saturated heterocycles. The number of benzene rings is 1. The summed E-state index contributed by atoms with van der Waals surface area (Å²) < 4.78 is 11.0. The van der Waals surface area contributed by atoms with Gasteiger partial charge in [-0.15, -0.1) is 0 Å². The van der Waals surface area contributed by atoms with Gasteiger partial charge in [0.2, 0.25) is 5.88 Å². The van der Waals surface area contributed by atoms with Gasteiger partial charge in [0.1, 0.15) is 16.9 Å². The van der Waals surface area contributed by atoms with Crippen LogP contribution in [-0.4, -0.2) is 27.3 Å². The van der Waals surface area contributed by atoms with Crippen LogP contribution in [-0.2, 0) is 18.0 Å². The number of aromatic nitrogens is 4. The van der Waals surface area contributed by atoms with E-state index in [2.05, 4.69) is 20.2 Å². The Labute approximate surface area is 122 Å². The lowest BCUT2D eigenvalue weighted by atomic mass is 10.2. The van der Waals surface area contributed by atoms with Crippen LogP contribution in [0, 0.1) is 6.92 Å². The van der Waals surface area contributed by atoms with Crippen LogP contribution in [0.25, 0.3) is 11.0 Å². The monoisotopic (exact) mass is 284 g/mol. The minimum Gasteiger partial charge on any atom is -0.480 e. The van der Waals surface area contributed by atoms with Crippen molar-refractivity contribution in [1.29, 1.82) is 0 Å². The van der Waals surface area contributed by atoms with Gasteiger partial charge in [0.15, 0.2) is 5.65 Å². The molecule has 0 atom stereocenters. The van der Waals surface area contributed by atoms with E-state index in [9.17, 15) is 0 Å². The maximum Gasteiger partial charge on any atom is 0.228 e. The summed E-state index contributed by atoms with van der Waals surface area (Å²) in [6.07, 6.45) is 0. The largest absolute Gasteiger partial charge is 0.480 e. The summed E-state index contributed by atoms with van der Waals surface area (Å²) in [6.45, 7) is 2.72. The molecule has 0 bridgehead atoms. The van der Waals surface area contributed by atoms with E-state index in [0.717, 1.165) is 16.6 Å². The van der Waals surface area contributed by atoms with Gasteiger partial charge < -0.3 is 9.47 Å². The van der Waals surface area contributed by atoms with Crippen LogP contribution in [0.5, 0.6) is 5.88 Å². The molecule has 108 valence electrons. The van der Waals surface area contributed by atoms with Crippen LogP contribution in [0.1, 0.15) is 17.1 Å². The van der Waals surface area contributed by atoms with Crippen LogP contribution < -0.4 is 4.74 Å². The smallest absolute Gasteiger partial charge is 0.228 e. The lowest BCUT2D eigenvalue weighted by molar-refractivity contribution is 0.105. The number of aryl methyl sites for hydroxylation is 1. The van der Waals surface area contributed by atoms with Gasteiger partial charge in [-0.25, -0.2) is 4.98 Å². The quantitative estimate of drug-likeness (QED) is 0.778. The van der Waals surface area contributed by atoms with Crippen molar-refractivity contribution in [1.82, 2.24) is 20.2 Å². The van der Waals surface area contributed by atoms with Crippen molar-refractivity contribution in [2.75, 3.05) is 7.11 Å². The number of hydrogen-bond donors (Lipinski definition) is 1. The number of H-pyrrole nitrogens is 1. The number of aromatic amines is 1. The lowest BCUT2D eigenvalue weighted by Crippen LogP contribution is -1.98. The molecule has 0 spiro atoms. The highest BCUT2D eigenvalue weighted by atomic mass is 16.5. The average molecular weight is 284 g/mol. The third kappa shape index (κ3) is 2.85. The molecular formula is C15H16N4O2. The molecule has 1 N–H and O–H groups in total. The van der Waals surface area contributed by atoms with Crippen LogP contribution in [0.15, 0.2) is 30.3 Å². The summed E-state index contributed by atoms with van der Waals surface area (Å²) in [6, 6.07) is 10.0. The highest BCUT2D eigenvalue weighted by molar-refractivity contribution is 5.83. The molecule has 0 fully saturated rings. The Morgan fingerprint density at radius 2 is 1.90 bits per heavy atom. The fourth-order valence-electron chi connectivity index (χ4n) is 2.16. The number of nitrogens with one attached hydrogen (secondary N) is 1. The van der Waals surface area contributed by atoms with Gasteiger partial charge in [-0.05, 0) is 12.5 Å². The second-order valence-corrected chi connectivity index (χ2v) is 4.65. The Morgan fingerprint density at radius 1 is 1.10 bits per heavy atom. The lowest BCUT2D eigenvalue weighted by Gasteiger charge is -2.05. The van der Waals surface area contributed by atoms with Crippen molar-refractivity contribution in [3.05, 3.63) is 47.4 Å². The summed E-state index contributed by atoms with van der Waals surface area (Å²) >= 11 is 0. The minimum atomic E-state index is 0.373. The van der Waals surface area contributed by atoms with E-state index in [-0.39, 0.29) is 0 Å². The molecule has 0 radical (unpaired) electrons. The molecule has 0 amide bonds. The molecule has 0 aliphatic rings. The molecule has 2 aromatic heterocycles. The molecule has 3 aromatic rings. The van der Waals surface area contributed by atoms with Gasteiger partial charge in [0.25, 0.3) is 0 Å². The maximum absolute atomic E-state index is 5.71. The molecule has 1 aromatic carbocycles. The first kappa shape index (κ1) is 13.5. The highest BCUT2D eigenvalue weighted by Crippen LogP contribution is 2.24. The molecule has 3 rings (SSSR count). The zero-order valence-electron chi connectivity index (χ0n) is 12.0. The van der Waals surface area contributed by atoms with Crippen LogP contribution in [0.4, 0.5) is 0 Å². The molecule has 6 heteroatoms. The fourth-order valence-corrected chi connectivity index (χ4v) is 2.16. The molecule has 2 heterocycles. The molecule has 0 aliphatic carbocycles. The Hall–Kier alpha value is -2.47. The summed E-state index contributed by atoms with van der Waals surface area (Å²) in [5.74, 6) is 1.16. The molecule has 6 nitrogen and oxygen atoms in total.